The maximum Gasteiger partial charge on any atom is 0.310 e. The Morgan fingerprint density at radius 1 is 0.900 bits per heavy atom. The second-order valence-corrected chi connectivity index (χ2v) is 7.85. The molecule has 3 N–H and O–H groups in total. The normalized spacial score (nSPS) is 10.6. The Morgan fingerprint density at radius 2 is 1.57 bits per heavy atom. The van der Waals surface area contributed by atoms with Crippen LogP contribution in [0.5, 0.6) is 0 Å². The molecule has 2 aromatic carbocycles. The highest BCUT2D eigenvalue weighted by Crippen LogP contribution is 2.33. The predicted octanol–water partition coefficient (Wildman–Crippen LogP) is 5.69. The highest BCUT2D eigenvalue weighted by atomic mass is 35.5. The third-order valence-corrected chi connectivity index (χ3v) is 5.30. The Bertz CT molecular complexity index is 823. The van der Waals surface area contributed by atoms with Gasteiger partial charge in [0.2, 0.25) is 0 Å². The van der Waals surface area contributed by atoms with Crippen molar-refractivity contribution >= 4 is 46.3 Å². The zero-order chi connectivity index (χ0) is 21.8. The van der Waals surface area contributed by atoms with Crippen molar-refractivity contribution in [1.82, 2.24) is 0 Å². The molecule has 7 heteroatoms. The van der Waals surface area contributed by atoms with Gasteiger partial charge in [-0.25, -0.2) is 0 Å². The molecule has 2 aromatic rings. The van der Waals surface area contributed by atoms with Crippen molar-refractivity contribution in [3.63, 3.8) is 0 Å². The van der Waals surface area contributed by atoms with E-state index in [9.17, 15) is 9.59 Å². The fourth-order valence-corrected chi connectivity index (χ4v) is 3.49. The van der Waals surface area contributed by atoms with E-state index in [2.05, 4.69) is 5.32 Å². The summed E-state index contributed by atoms with van der Waals surface area (Å²) in [6.45, 7) is 0.520. The van der Waals surface area contributed by atoms with E-state index < -0.39 is 0 Å². The topological polar surface area (TPSA) is 81.4 Å². The van der Waals surface area contributed by atoms with E-state index in [-0.39, 0.29) is 24.7 Å². The molecule has 0 unspecified atom stereocenters. The summed E-state index contributed by atoms with van der Waals surface area (Å²) in [6.07, 6.45) is 5.36. The van der Waals surface area contributed by atoms with E-state index in [0.29, 0.717) is 28.8 Å². The van der Waals surface area contributed by atoms with E-state index >= 15 is 0 Å². The summed E-state index contributed by atoms with van der Waals surface area (Å²) in [7, 11) is 0. The van der Waals surface area contributed by atoms with E-state index in [4.69, 9.17) is 33.7 Å². The molecular formula is C23H28Cl2N2O3. The van der Waals surface area contributed by atoms with Gasteiger partial charge in [-0.1, -0.05) is 66.7 Å². The summed E-state index contributed by atoms with van der Waals surface area (Å²) >= 11 is 12.5. The van der Waals surface area contributed by atoms with Crippen LogP contribution in [0.3, 0.4) is 0 Å². The second-order valence-electron chi connectivity index (χ2n) is 7.04. The average molecular weight is 451 g/mol. The van der Waals surface area contributed by atoms with Gasteiger partial charge in [0.25, 0.3) is 0 Å². The lowest BCUT2D eigenvalue weighted by Gasteiger charge is -2.14. The van der Waals surface area contributed by atoms with Gasteiger partial charge in [0.15, 0.2) is 0 Å². The quantitative estimate of drug-likeness (QED) is 0.302. The van der Waals surface area contributed by atoms with Gasteiger partial charge < -0.3 is 15.8 Å². The fraction of sp³-hybridized carbons (Fsp3) is 0.391. The number of anilines is 2. The zero-order valence-electron chi connectivity index (χ0n) is 17.0. The van der Waals surface area contributed by atoms with Crippen LogP contribution >= 0.6 is 23.2 Å². The number of hydrogen-bond acceptors (Lipinski definition) is 5. The molecular weight excluding hydrogens is 423 g/mol. The van der Waals surface area contributed by atoms with Crippen LogP contribution in [-0.4, -0.2) is 24.9 Å². The molecule has 0 saturated carbocycles. The van der Waals surface area contributed by atoms with Crippen molar-refractivity contribution in [1.29, 1.82) is 0 Å². The van der Waals surface area contributed by atoms with Crippen LogP contribution < -0.4 is 11.1 Å². The minimum Gasteiger partial charge on any atom is -0.465 e. The highest BCUT2D eigenvalue weighted by Gasteiger charge is 2.12. The number of nitrogens with one attached hydrogen (secondary N) is 1. The number of ether oxygens (including phenoxy) is 1. The number of esters is 1. The number of para-hydroxylation sites is 2. The molecule has 0 spiro atoms. The maximum atomic E-state index is 12.2. The summed E-state index contributed by atoms with van der Waals surface area (Å²) in [5.41, 5.74) is 7.46. The molecule has 162 valence electrons. The molecule has 0 bridgehead atoms. The number of hydrogen-bond donors (Lipinski definition) is 2. The minimum atomic E-state index is -0.275. The molecule has 0 atom stereocenters. The van der Waals surface area contributed by atoms with E-state index in [0.717, 1.165) is 43.4 Å². The Labute approximate surface area is 187 Å². The number of carbonyl (C=O) groups excluding carboxylic acids is 2. The van der Waals surface area contributed by atoms with Gasteiger partial charge in [-0.15, -0.1) is 0 Å². The molecule has 0 aromatic heterocycles. The van der Waals surface area contributed by atoms with Crippen LogP contribution in [-0.2, 0) is 20.7 Å². The first-order valence-corrected chi connectivity index (χ1v) is 10.9. The molecule has 0 fully saturated rings. The minimum absolute atomic E-state index is 0.107. The number of ketones is 1. The van der Waals surface area contributed by atoms with Crippen LogP contribution in [0.15, 0.2) is 42.5 Å². The van der Waals surface area contributed by atoms with Crippen molar-refractivity contribution in [2.75, 3.05) is 18.5 Å². The Hall–Kier alpha value is -2.08. The molecule has 0 aliphatic heterocycles. The predicted molar refractivity (Wildman–Crippen MR) is 123 cm³/mol. The van der Waals surface area contributed by atoms with Gasteiger partial charge in [-0.2, -0.15) is 0 Å². The van der Waals surface area contributed by atoms with Gasteiger partial charge in [0.1, 0.15) is 5.78 Å². The largest absolute Gasteiger partial charge is 0.465 e. The lowest BCUT2D eigenvalue weighted by molar-refractivity contribution is -0.143. The van der Waals surface area contributed by atoms with Crippen LogP contribution in [0, 0.1) is 0 Å². The number of unbranched alkanes of at least 4 members (excludes halogenated alkanes) is 4. The first kappa shape index (κ1) is 24.2. The summed E-state index contributed by atoms with van der Waals surface area (Å²) < 4.78 is 5.37. The Morgan fingerprint density at radius 3 is 2.30 bits per heavy atom. The van der Waals surface area contributed by atoms with Crippen LogP contribution in [0.4, 0.5) is 11.4 Å². The van der Waals surface area contributed by atoms with Gasteiger partial charge in [-0.05, 0) is 36.6 Å². The van der Waals surface area contributed by atoms with Gasteiger partial charge in [-0.3, -0.25) is 9.59 Å². The summed E-state index contributed by atoms with van der Waals surface area (Å²) in [5.74, 6) is -0.168. The Balaban J connectivity index is 1.75. The average Bonchev–Trinajstić information content (AvgIpc) is 2.73. The number of benzene rings is 2. The van der Waals surface area contributed by atoms with E-state index in [1.807, 2.05) is 24.3 Å². The zero-order valence-corrected chi connectivity index (χ0v) is 18.5. The lowest BCUT2D eigenvalue weighted by Crippen LogP contribution is -2.12. The first-order valence-electron chi connectivity index (χ1n) is 10.2. The monoisotopic (exact) mass is 450 g/mol. The van der Waals surface area contributed by atoms with Crippen molar-refractivity contribution in [2.24, 2.45) is 5.73 Å². The third kappa shape index (κ3) is 8.34. The molecule has 0 aliphatic carbocycles. The number of nitrogens with two attached hydrogens (primary N) is 1. The van der Waals surface area contributed by atoms with Gasteiger partial charge >= 0.3 is 5.97 Å². The first-order chi connectivity index (χ1) is 14.5. The smallest absolute Gasteiger partial charge is 0.310 e. The van der Waals surface area contributed by atoms with Crippen molar-refractivity contribution in [3.05, 3.63) is 58.1 Å². The molecule has 0 heterocycles. The highest BCUT2D eigenvalue weighted by molar-refractivity contribution is 6.39. The molecule has 0 radical (unpaired) electrons. The van der Waals surface area contributed by atoms with Crippen LogP contribution in [0.25, 0.3) is 0 Å². The molecule has 0 saturated heterocycles. The number of halogens is 2. The number of carbonyl (C=O) groups is 2. The SMILES string of the molecule is NCC(=O)CCCCCCCOC(=O)Cc1ccccc1Nc1c(Cl)cccc1Cl. The van der Waals surface area contributed by atoms with Crippen LogP contribution in [0.1, 0.15) is 44.1 Å². The third-order valence-electron chi connectivity index (χ3n) is 4.67. The molecule has 2 rings (SSSR count). The van der Waals surface area contributed by atoms with Crippen LogP contribution in [0.2, 0.25) is 10.0 Å². The lowest BCUT2D eigenvalue weighted by atomic mass is 10.1. The number of rotatable bonds is 13. The summed E-state index contributed by atoms with van der Waals surface area (Å²) in [5, 5.41) is 4.23. The van der Waals surface area contributed by atoms with Crippen molar-refractivity contribution < 1.29 is 14.3 Å². The second kappa shape index (κ2) is 13.3. The standard InChI is InChI=1S/C23H28Cl2N2O3/c24-19-11-8-12-20(25)23(19)27-21-13-6-5-9-17(21)15-22(29)30-14-7-3-1-2-4-10-18(28)16-26/h5-6,8-9,11-13,27H,1-4,7,10,14-16,26H2. The van der Waals surface area contributed by atoms with Gasteiger partial charge in [0.05, 0.1) is 35.3 Å². The number of Topliss-reactive ketones (excluding diaryl/α,β-unsaturated/α-hetero) is 1. The molecule has 0 aliphatic rings. The summed E-state index contributed by atoms with van der Waals surface area (Å²) in [6, 6.07) is 12.8. The molecule has 5 nitrogen and oxygen atoms in total. The van der Waals surface area contributed by atoms with Crippen molar-refractivity contribution in [3.8, 4) is 0 Å². The van der Waals surface area contributed by atoms with Gasteiger partial charge in [0, 0.05) is 12.1 Å². The molecule has 30 heavy (non-hydrogen) atoms. The summed E-state index contributed by atoms with van der Waals surface area (Å²) in [4.78, 5) is 23.4. The maximum absolute atomic E-state index is 12.2. The van der Waals surface area contributed by atoms with E-state index in [1.165, 1.54) is 0 Å². The van der Waals surface area contributed by atoms with Crippen molar-refractivity contribution in [2.45, 2.75) is 44.9 Å². The fourth-order valence-electron chi connectivity index (χ4n) is 3.00. The molecule has 0 amide bonds. The Kier molecular flexibility index (Phi) is 10.7. The van der Waals surface area contributed by atoms with E-state index in [1.54, 1.807) is 18.2 Å².